The molecule has 0 heterocycles. The third-order valence-electron chi connectivity index (χ3n) is 3.22. The largest absolute Gasteiger partial charge is 0.480 e. The molecule has 31 heavy (non-hydrogen) atoms. The van der Waals surface area contributed by atoms with Crippen molar-refractivity contribution in [2.75, 3.05) is 39.3 Å². The van der Waals surface area contributed by atoms with Gasteiger partial charge in [0.1, 0.15) is 12.3 Å². The molecule has 1 unspecified atom stereocenters. The number of aliphatic hydroxyl groups excluding tert-OH is 1. The highest BCUT2D eigenvalue weighted by molar-refractivity contribution is 5.77. The Hall–Kier alpha value is -3.34. The first kappa shape index (κ1) is 29.9. The highest BCUT2D eigenvalue weighted by Crippen LogP contribution is 1.98. The smallest absolute Gasteiger partial charge is 0.320 e. The van der Waals surface area contributed by atoms with Crippen molar-refractivity contribution in [3.05, 3.63) is 0 Å². The molecule has 0 aromatic heterocycles. The summed E-state index contributed by atoms with van der Waals surface area (Å²) in [5.41, 5.74) is 0. The quantitative estimate of drug-likeness (QED) is 0.111. The van der Waals surface area contributed by atoms with Crippen LogP contribution in [-0.4, -0.2) is 133 Å². The van der Waals surface area contributed by atoms with Crippen molar-refractivity contribution in [1.82, 2.24) is 15.1 Å². The van der Waals surface area contributed by atoms with Crippen molar-refractivity contribution in [3.63, 3.8) is 0 Å². The van der Waals surface area contributed by atoms with E-state index in [1.165, 1.54) is 6.92 Å². The van der Waals surface area contributed by atoms with E-state index in [9.17, 15) is 33.9 Å². The Balaban J connectivity index is 0. The number of aliphatic carboxylic acids is 6. The predicted octanol–water partition coefficient (Wildman–Crippen LogP) is -3.62. The fourth-order valence-electron chi connectivity index (χ4n) is 1.92. The lowest BCUT2D eigenvalue weighted by atomic mass is 10.3. The molecule has 0 saturated heterocycles. The van der Waals surface area contributed by atoms with Gasteiger partial charge in [-0.05, 0) is 6.92 Å². The predicted molar refractivity (Wildman–Crippen MR) is 97.3 cm³/mol. The Kier molecular flexibility index (Phi) is 14.9. The second-order valence-corrected chi connectivity index (χ2v) is 5.95. The van der Waals surface area contributed by atoms with E-state index in [4.69, 9.17) is 30.6 Å². The van der Waals surface area contributed by atoms with E-state index in [1.807, 2.05) is 0 Å². The van der Waals surface area contributed by atoms with Gasteiger partial charge in [-0.3, -0.25) is 43.9 Å². The Bertz CT molecular complexity index is 622. The fraction of sp³-hybridized carbons (Fsp3) is 0.600. The summed E-state index contributed by atoms with van der Waals surface area (Å²) in [6.07, 6.45) is -1.32. The lowest BCUT2D eigenvalue weighted by molar-refractivity contribution is -0.149. The van der Waals surface area contributed by atoms with Crippen molar-refractivity contribution in [2.24, 2.45) is 0 Å². The topological polar surface area (TPSA) is 263 Å². The molecule has 0 aliphatic rings. The molecular weight excluding hydrogens is 430 g/mol. The maximum atomic E-state index is 10.5. The van der Waals surface area contributed by atoms with Crippen molar-refractivity contribution in [2.45, 2.75) is 19.2 Å². The monoisotopic (exact) mass is 455 g/mol. The third kappa shape index (κ3) is 18.4. The van der Waals surface area contributed by atoms with Crippen LogP contribution in [0.15, 0.2) is 0 Å². The molecular formula is C15H25N3O13. The van der Waals surface area contributed by atoms with Gasteiger partial charge in [0, 0.05) is 6.54 Å². The summed E-state index contributed by atoms with van der Waals surface area (Å²) in [5.74, 6) is -7.45. The number of aliphatic hydroxyl groups is 1. The molecule has 0 bridgehead atoms. The first-order valence-corrected chi connectivity index (χ1v) is 8.35. The number of carbonyl (C=O) groups is 6. The first-order valence-electron chi connectivity index (χ1n) is 8.35. The van der Waals surface area contributed by atoms with Crippen LogP contribution in [0.2, 0.25) is 0 Å². The molecule has 0 rings (SSSR count). The van der Waals surface area contributed by atoms with Gasteiger partial charge in [-0.25, -0.2) is 0 Å². The lowest BCUT2D eigenvalue weighted by Crippen LogP contribution is -2.46. The molecule has 0 spiro atoms. The van der Waals surface area contributed by atoms with Crippen molar-refractivity contribution in [1.29, 1.82) is 0 Å². The molecule has 0 saturated carbocycles. The van der Waals surface area contributed by atoms with E-state index in [-0.39, 0.29) is 6.54 Å². The number of carboxylic acids is 6. The molecule has 0 aliphatic heterocycles. The summed E-state index contributed by atoms with van der Waals surface area (Å²) < 4.78 is 0. The highest BCUT2D eigenvalue weighted by atomic mass is 16.4. The summed E-state index contributed by atoms with van der Waals surface area (Å²) in [6, 6.07) is -1.14. The average molecular weight is 455 g/mol. The van der Waals surface area contributed by atoms with Gasteiger partial charge in [-0.2, -0.15) is 0 Å². The second-order valence-electron chi connectivity index (χ2n) is 5.95. The van der Waals surface area contributed by atoms with Crippen LogP contribution in [0.1, 0.15) is 6.92 Å². The SMILES string of the molecule is C[C@@H](C(=O)O)N(CC(=O)O)CC(=O)O.O=C(O)CNC(O)CN(CC(=O)O)CC(=O)O. The minimum absolute atomic E-state index is 0.300. The minimum Gasteiger partial charge on any atom is -0.480 e. The van der Waals surface area contributed by atoms with E-state index in [2.05, 4.69) is 5.32 Å². The molecule has 0 aliphatic carbocycles. The Morgan fingerprint density at radius 2 is 1.10 bits per heavy atom. The maximum absolute atomic E-state index is 10.5. The molecule has 16 heteroatoms. The second kappa shape index (κ2) is 15.5. The van der Waals surface area contributed by atoms with Crippen LogP contribution in [0.3, 0.4) is 0 Å². The van der Waals surface area contributed by atoms with Crippen LogP contribution in [0.4, 0.5) is 0 Å². The molecule has 2 atom stereocenters. The van der Waals surface area contributed by atoms with Crippen LogP contribution < -0.4 is 5.32 Å². The fourth-order valence-corrected chi connectivity index (χ4v) is 1.92. The molecule has 0 fully saturated rings. The molecule has 0 aromatic rings. The summed E-state index contributed by atoms with van der Waals surface area (Å²) in [6.45, 7) is -1.91. The van der Waals surface area contributed by atoms with Crippen molar-refractivity contribution in [3.8, 4) is 0 Å². The lowest BCUT2D eigenvalue weighted by Gasteiger charge is -2.21. The Morgan fingerprint density at radius 3 is 1.39 bits per heavy atom. The van der Waals surface area contributed by atoms with Gasteiger partial charge in [0.05, 0.1) is 32.7 Å². The highest BCUT2D eigenvalue weighted by Gasteiger charge is 2.24. The van der Waals surface area contributed by atoms with Gasteiger partial charge >= 0.3 is 35.8 Å². The van der Waals surface area contributed by atoms with Crippen LogP contribution in [-0.2, 0) is 28.8 Å². The normalized spacial score (nSPS) is 12.4. The summed E-state index contributed by atoms with van der Waals surface area (Å²) in [5, 5.41) is 62.1. The van der Waals surface area contributed by atoms with Gasteiger partial charge in [-0.1, -0.05) is 0 Å². The van der Waals surface area contributed by atoms with Crippen LogP contribution in [0, 0.1) is 0 Å². The summed E-state index contributed by atoms with van der Waals surface area (Å²) in [7, 11) is 0. The minimum atomic E-state index is -1.32. The van der Waals surface area contributed by atoms with Crippen LogP contribution in [0.5, 0.6) is 0 Å². The third-order valence-corrected chi connectivity index (χ3v) is 3.22. The standard InChI is InChI=1S/C8H14N2O7.C7H11NO6/c11-5(9-1-6(12)13)2-10(3-7(14)15)4-8(16)17;1-4(7(13)14)8(2-5(9)10)3-6(11)12/h5,9,11H,1-4H2,(H,12,13)(H,14,15)(H,16,17);4H,2-3H2,1H3,(H,9,10)(H,11,12)(H,13,14)/t;4-/m.0/s1. The zero-order valence-electron chi connectivity index (χ0n) is 16.4. The van der Waals surface area contributed by atoms with Crippen LogP contribution in [0.25, 0.3) is 0 Å². The van der Waals surface area contributed by atoms with Gasteiger partial charge in [0.25, 0.3) is 0 Å². The number of carboxylic acid groups (broad SMARTS) is 6. The van der Waals surface area contributed by atoms with E-state index in [0.717, 1.165) is 9.80 Å². The van der Waals surface area contributed by atoms with E-state index >= 15 is 0 Å². The van der Waals surface area contributed by atoms with Crippen molar-refractivity contribution < 1.29 is 64.5 Å². The van der Waals surface area contributed by atoms with Gasteiger partial charge in [-0.15, -0.1) is 0 Å². The first-order chi connectivity index (χ1) is 14.1. The van der Waals surface area contributed by atoms with Crippen LogP contribution >= 0.6 is 0 Å². The number of rotatable bonds is 15. The van der Waals surface area contributed by atoms with Gasteiger partial charge in [0.2, 0.25) is 0 Å². The van der Waals surface area contributed by atoms with E-state index in [0.29, 0.717) is 0 Å². The number of hydrogen-bond acceptors (Lipinski definition) is 10. The molecule has 8 N–H and O–H groups in total. The number of nitrogens with one attached hydrogen (secondary N) is 1. The molecule has 0 aromatic carbocycles. The summed E-state index contributed by atoms with van der Waals surface area (Å²) in [4.78, 5) is 63.8. The zero-order valence-corrected chi connectivity index (χ0v) is 16.4. The van der Waals surface area contributed by atoms with Gasteiger partial charge in [0.15, 0.2) is 0 Å². The summed E-state index contributed by atoms with van der Waals surface area (Å²) >= 11 is 0. The Labute approximate surface area is 174 Å². The molecule has 178 valence electrons. The molecule has 0 radical (unpaired) electrons. The molecule has 0 amide bonds. The number of nitrogens with zero attached hydrogens (tertiary/aromatic N) is 2. The number of hydrogen-bond donors (Lipinski definition) is 8. The van der Waals surface area contributed by atoms with E-state index < -0.39 is 80.8 Å². The van der Waals surface area contributed by atoms with Crippen molar-refractivity contribution >= 4 is 35.8 Å². The average Bonchev–Trinajstić information content (AvgIpc) is 2.57. The van der Waals surface area contributed by atoms with Gasteiger partial charge < -0.3 is 35.7 Å². The zero-order chi connectivity index (χ0) is 24.7. The Morgan fingerprint density at radius 1 is 0.710 bits per heavy atom. The van der Waals surface area contributed by atoms with E-state index in [1.54, 1.807) is 0 Å². The molecule has 16 nitrogen and oxygen atoms in total. The maximum Gasteiger partial charge on any atom is 0.320 e.